The van der Waals surface area contributed by atoms with E-state index >= 15 is 0 Å². The topological polar surface area (TPSA) is 84.9 Å². The molecule has 0 unspecified atom stereocenters. The van der Waals surface area contributed by atoms with Gasteiger partial charge in [0.1, 0.15) is 0 Å². The van der Waals surface area contributed by atoms with Crippen molar-refractivity contribution in [2.24, 2.45) is 0 Å². The molecule has 0 spiro atoms. The van der Waals surface area contributed by atoms with Crippen LogP contribution in [0.1, 0.15) is 10.4 Å². The number of hydrogen-bond donors (Lipinski definition) is 2. The van der Waals surface area contributed by atoms with E-state index in [1.807, 2.05) is 0 Å². The molecule has 1 heterocycles. The van der Waals surface area contributed by atoms with Crippen molar-refractivity contribution in [1.82, 2.24) is 5.32 Å². The van der Waals surface area contributed by atoms with Crippen LogP contribution in [-0.4, -0.2) is 36.7 Å². The van der Waals surface area contributed by atoms with Crippen molar-refractivity contribution in [3.63, 3.8) is 0 Å². The van der Waals surface area contributed by atoms with Crippen LogP contribution in [0.5, 0.6) is 11.5 Å². The zero-order valence-electron chi connectivity index (χ0n) is 8.93. The van der Waals surface area contributed by atoms with Crippen molar-refractivity contribution in [1.29, 1.82) is 0 Å². The van der Waals surface area contributed by atoms with Gasteiger partial charge in [0, 0.05) is 5.56 Å². The van der Waals surface area contributed by atoms with Crippen molar-refractivity contribution in [2.75, 3.05) is 19.9 Å². The normalized spacial score (nSPS) is 12.5. The fourth-order valence-electron chi connectivity index (χ4n) is 1.46. The number of fused-ring (bicyclic) bond motifs is 1. The average Bonchev–Trinajstić information content (AvgIpc) is 2.75. The quantitative estimate of drug-likeness (QED) is 0.715. The zero-order chi connectivity index (χ0) is 12.3. The number of rotatable bonds is 5. The van der Waals surface area contributed by atoms with Crippen molar-refractivity contribution in [2.45, 2.75) is 0 Å². The van der Waals surface area contributed by atoms with E-state index in [2.05, 4.69) is 5.32 Å². The van der Waals surface area contributed by atoms with Gasteiger partial charge in [0.15, 0.2) is 17.3 Å². The fraction of sp³-hybridized carbons (Fsp3) is 0.273. The molecule has 0 aromatic heterocycles. The van der Waals surface area contributed by atoms with Gasteiger partial charge in [0.05, 0.1) is 13.1 Å². The Labute approximate surface area is 97.1 Å². The van der Waals surface area contributed by atoms with Gasteiger partial charge < -0.3 is 14.6 Å². The monoisotopic (exact) mass is 237 g/mol. The minimum absolute atomic E-state index is 0.0219. The molecule has 6 heteroatoms. The Kier molecular flexibility index (Phi) is 3.24. The molecular weight excluding hydrogens is 226 g/mol. The summed E-state index contributed by atoms with van der Waals surface area (Å²) in [4.78, 5) is 21.9. The smallest absolute Gasteiger partial charge is 0.317 e. The zero-order valence-corrected chi connectivity index (χ0v) is 8.93. The number of aliphatic carboxylic acids is 1. The highest BCUT2D eigenvalue weighted by atomic mass is 16.7. The Balaban J connectivity index is 1.97. The summed E-state index contributed by atoms with van der Waals surface area (Å²) in [7, 11) is 0. The first-order valence-corrected chi connectivity index (χ1v) is 5.02. The third-order valence-corrected chi connectivity index (χ3v) is 2.26. The lowest BCUT2D eigenvalue weighted by atomic mass is 10.1. The van der Waals surface area contributed by atoms with E-state index in [1.165, 1.54) is 0 Å². The lowest BCUT2D eigenvalue weighted by molar-refractivity contribution is -0.135. The Morgan fingerprint density at radius 3 is 2.76 bits per heavy atom. The first-order valence-electron chi connectivity index (χ1n) is 5.02. The van der Waals surface area contributed by atoms with Crippen LogP contribution in [0.2, 0.25) is 0 Å². The lowest BCUT2D eigenvalue weighted by Gasteiger charge is -2.03. The minimum atomic E-state index is -0.997. The first kappa shape index (κ1) is 11.4. The summed E-state index contributed by atoms with van der Waals surface area (Å²) in [6.45, 7) is -0.105. The van der Waals surface area contributed by atoms with Crippen molar-refractivity contribution >= 4 is 11.8 Å². The highest BCUT2D eigenvalue weighted by molar-refractivity contribution is 5.98. The van der Waals surface area contributed by atoms with E-state index in [4.69, 9.17) is 14.6 Å². The molecule has 1 aromatic rings. The fourth-order valence-corrected chi connectivity index (χ4v) is 1.46. The Bertz CT molecular complexity index is 457. The van der Waals surface area contributed by atoms with Gasteiger partial charge in [0.25, 0.3) is 0 Å². The van der Waals surface area contributed by atoms with E-state index < -0.39 is 5.97 Å². The van der Waals surface area contributed by atoms with Crippen LogP contribution in [0.15, 0.2) is 18.2 Å². The summed E-state index contributed by atoms with van der Waals surface area (Å²) < 4.78 is 10.3. The number of carboxylic acids is 1. The second kappa shape index (κ2) is 4.84. The third kappa shape index (κ3) is 2.73. The van der Waals surface area contributed by atoms with Gasteiger partial charge in [-0.3, -0.25) is 14.9 Å². The second-order valence-corrected chi connectivity index (χ2v) is 3.49. The summed E-state index contributed by atoms with van der Waals surface area (Å²) in [6, 6.07) is 4.87. The van der Waals surface area contributed by atoms with Crippen molar-refractivity contribution in [3.05, 3.63) is 23.8 Å². The molecule has 0 amide bonds. The standard InChI is InChI=1S/C11H11NO5/c13-8(4-12-5-11(14)15)7-1-2-9-10(3-7)17-6-16-9/h1-3,12H,4-6H2,(H,14,15). The summed E-state index contributed by atoms with van der Waals surface area (Å²) in [5.41, 5.74) is 0.465. The maximum absolute atomic E-state index is 11.7. The summed E-state index contributed by atoms with van der Waals surface area (Å²) in [5, 5.41) is 10.9. The number of ketones is 1. The molecule has 0 radical (unpaired) electrons. The number of benzene rings is 1. The highest BCUT2D eigenvalue weighted by Gasteiger charge is 2.15. The van der Waals surface area contributed by atoms with Gasteiger partial charge in [-0.1, -0.05) is 0 Å². The lowest BCUT2D eigenvalue weighted by Crippen LogP contribution is -2.28. The maximum Gasteiger partial charge on any atom is 0.317 e. The molecule has 2 N–H and O–H groups in total. The van der Waals surface area contributed by atoms with Gasteiger partial charge in [0.2, 0.25) is 6.79 Å². The molecule has 1 aliphatic heterocycles. The molecular formula is C11H11NO5. The number of ether oxygens (including phenoxy) is 2. The predicted molar refractivity (Wildman–Crippen MR) is 57.4 cm³/mol. The summed E-state index contributed by atoms with van der Waals surface area (Å²) >= 11 is 0. The predicted octanol–water partition coefficient (Wildman–Crippen LogP) is 0.272. The molecule has 0 bridgehead atoms. The van der Waals surface area contributed by atoms with Crippen LogP contribution in [-0.2, 0) is 4.79 Å². The number of Topliss-reactive ketones (excluding diaryl/α,β-unsaturated/α-hetero) is 1. The molecule has 0 aliphatic carbocycles. The van der Waals surface area contributed by atoms with Crippen LogP contribution < -0.4 is 14.8 Å². The van der Waals surface area contributed by atoms with Gasteiger partial charge in [-0.15, -0.1) is 0 Å². The summed E-state index contributed by atoms with van der Waals surface area (Å²) in [6.07, 6.45) is 0. The molecule has 6 nitrogen and oxygen atoms in total. The van der Waals surface area contributed by atoms with Gasteiger partial charge in [-0.25, -0.2) is 0 Å². The molecule has 0 atom stereocenters. The number of carboxylic acid groups (broad SMARTS) is 1. The SMILES string of the molecule is O=C(O)CNCC(=O)c1ccc2c(c1)OCO2. The maximum atomic E-state index is 11.7. The van der Waals surface area contributed by atoms with E-state index in [0.29, 0.717) is 17.1 Å². The molecule has 90 valence electrons. The highest BCUT2D eigenvalue weighted by Crippen LogP contribution is 2.32. The largest absolute Gasteiger partial charge is 0.480 e. The molecule has 0 saturated heterocycles. The molecule has 0 saturated carbocycles. The van der Waals surface area contributed by atoms with Crippen LogP contribution in [0.3, 0.4) is 0 Å². The number of hydrogen-bond acceptors (Lipinski definition) is 5. The van der Waals surface area contributed by atoms with Gasteiger partial charge in [-0.05, 0) is 18.2 Å². The first-order chi connectivity index (χ1) is 8.16. The van der Waals surface area contributed by atoms with Gasteiger partial charge >= 0.3 is 5.97 Å². The van der Waals surface area contributed by atoms with Crippen LogP contribution >= 0.6 is 0 Å². The van der Waals surface area contributed by atoms with E-state index in [9.17, 15) is 9.59 Å². The van der Waals surface area contributed by atoms with Crippen LogP contribution in [0, 0.1) is 0 Å². The van der Waals surface area contributed by atoms with E-state index in [-0.39, 0.29) is 25.7 Å². The van der Waals surface area contributed by atoms with E-state index in [1.54, 1.807) is 18.2 Å². The van der Waals surface area contributed by atoms with Crippen molar-refractivity contribution < 1.29 is 24.2 Å². The number of carbonyl (C=O) groups excluding carboxylic acids is 1. The van der Waals surface area contributed by atoms with Crippen LogP contribution in [0.4, 0.5) is 0 Å². The third-order valence-electron chi connectivity index (χ3n) is 2.26. The van der Waals surface area contributed by atoms with Gasteiger partial charge in [-0.2, -0.15) is 0 Å². The second-order valence-electron chi connectivity index (χ2n) is 3.49. The molecule has 1 aliphatic rings. The van der Waals surface area contributed by atoms with Crippen LogP contribution in [0.25, 0.3) is 0 Å². The average molecular weight is 237 g/mol. The number of carbonyl (C=O) groups is 2. The Hall–Kier alpha value is -2.08. The van der Waals surface area contributed by atoms with E-state index in [0.717, 1.165) is 0 Å². The minimum Gasteiger partial charge on any atom is -0.480 e. The molecule has 1 aromatic carbocycles. The summed E-state index contributed by atoms with van der Waals surface area (Å²) in [5.74, 6) is -0.0397. The molecule has 0 fully saturated rings. The molecule has 17 heavy (non-hydrogen) atoms. The Morgan fingerprint density at radius 2 is 2.00 bits per heavy atom. The molecule has 2 rings (SSSR count). The Morgan fingerprint density at radius 1 is 1.24 bits per heavy atom. The van der Waals surface area contributed by atoms with Crippen molar-refractivity contribution in [3.8, 4) is 11.5 Å². The number of nitrogens with one attached hydrogen (secondary N) is 1.